The van der Waals surface area contributed by atoms with Gasteiger partial charge in [0.1, 0.15) is 16.8 Å². The number of benzene rings is 7. The number of fused-ring (bicyclic) bond motifs is 15. The summed E-state index contributed by atoms with van der Waals surface area (Å²) in [6.07, 6.45) is 5.98. The summed E-state index contributed by atoms with van der Waals surface area (Å²) < 4.78 is 9.03. The number of furan rings is 1. The predicted molar refractivity (Wildman–Crippen MR) is 221 cm³/mol. The fraction of sp³-hybridized carbons (Fsp3) is 0.120. The van der Waals surface area contributed by atoms with Crippen molar-refractivity contribution in [2.75, 3.05) is 0 Å². The molecule has 256 valence electrons. The van der Waals surface area contributed by atoms with Gasteiger partial charge in [-0.15, -0.1) is 0 Å². The Hall–Kier alpha value is -6.52. The topological polar surface area (TPSA) is 43.9 Å². The third-order valence-electron chi connectivity index (χ3n) is 12.4. The Morgan fingerprint density at radius 3 is 2.02 bits per heavy atom. The summed E-state index contributed by atoms with van der Waals surface area (Å²) in [7, 11) is 0. The van der Waals surface area contributed by atoms with Gasteiger partial charge in [-0.3, -0.25) is 4.57 Å². The van der Waals surface area contributed by atoms with E-state index in [1.807, 2.05) is 12.1 Å². The molecule has 0 N–H and O–H groups in total. The molecule has 3 aromatic heterocycles. The van der Waals surface area contributed by atoms with Gasteiger partial charge in [-0.25, -0.2) is 9.97 Å². The summed E-state index contributed by atoms with van der Waals surface area (Å²) in [4.78, 5) is 11.1. The van der Waals surface area contributed by atoms with Crippen LogP contribution in [0.15, 0.2) is 156 Å². The van der Waals surface area contributed by atoms with Gasteiger partial charge in [0.2, 0.25) is 5.95 Å². The Bertz CT molecular complexity index is 3130. The molecule has 0 radical (unpaired) electrons. The number of rotatable bonds is 3. The lowest BCUT2D eigenvalue weighted by atomic mass is 9.67. The fourth-order valence-corrected chi connectivity index (χ4v) is 10.1. The molecule has 1 saturated carbocycles. The van der Waals surface area contributed by atoms with E-state index in [9.17, 15) is 0 Å². The molecule has 12 rings (SSSR count). The molecule has 0 bridgehead atoms. The molecule has 2 aliphatic rings. The minimum Gasteiger partial charge on any atom is -0.452 e. The van der Waals surface area contributed by atoms with E-state index in [1.165, 1.54) is 74.1 Å². The molecule has 1 spiro atoms. The summed E-state index contributed by atoms with van der Waals surface area (Å²) in [5, 5.41) is 6.10. The summed E-state index contributed by atoms with van der Waals surface area (Å²) in [6, 6.07) is 54.6. The molecule has 4 heteroatoms. The highest BCUT2D eigenvalue weighted by Gasteiger charge is 2.47. The number of aromatic nitrogens is 3. The predicted octanol–water partition coefficient (Wildman–Crippen LogP) is 13.2. The van der Waals surface area contributed by atoms with Crippen molar-refractivity contribution >= 4 is 54.6 Å². The van der Waals surface area contributed by atoms with E-state index < -0.39 is 0 Å². The zero-order valence-corrected chi connectivity index (χ0v) is 29.7. The molecule has 7 aromatic carbocycles. The third-order valence-corrected chi connectivity index (χ3v) is 12.4. The van der Waals surface area contributed by atoms with E-state index in [0.717, 1.165) is 51.7 Å². The Balaban J connectivity index is 1.23. The van der Waals surface area contributed by atoms with Crippen LogP contribution < -0.4 is 0 Å². The summed E-state index contributed by atoms with van der Waals surface area (Å²) in [5.74, 6) is 0.668. The quantitative estimate of drug-likeness (QED) is 0.185. The molecule has 54 heavy (non-hydrogen) atoms. The fourth-order valence-electron chi connectivity index (χ4n) is 10.1. The largest absolute Gasteiger partial charge is 0.452 e. The van der Waals surface area contributed by atoms with Gasteiger partial charge < -0.3 is 4.42 Å². The first-order valence-electron chi connectivity index (χ1n) is 19.2. The molecule has 0 amide bonds. The molecule has 0 saturated heterocycles. The van der Waals surface area contributed by atoms with Gasteiger partial charge in [0.15, 0.2) is 5.58 Å². The summed E-state index contributed by atoms with van der Waals surface area (Å²) in [6.45, 7) is 0. The van der Waals surface area contributed by atoms with Crippen molar-refractivity contribution < 1.29 is 4.42 Å². The number of hydrogen-bond acceptors (Lipinski definition) is 3. The van der Waals surface area contributed by atoms with Crippen LogP contribution in [0.4, 0.5) is 0 Å². The number of hydrogen-bond donors (Lipinski definition) is 0. The summed E-state index contributed by atoms with van der Waals surface area (Å²) >= 11 is 0. The lowest BCUT2D eigenvalue weighted by Gasteiger charge is -2.36. The van der Waals surface area contributed by atoms with E-state index in [2.05, 4.69) is 144 Å². The molecule has 2 aliphatic carbocycles. The third kappa shape index (κ3) is 4.03. The van der Waals surface area contributed by atoms with Crippen LogP contribution in [0.5, 0.6) is 0 Å². The van der Waals surface area contributed by atoms with Crippen molar-refractivity contribution in [1.29, 1.82) is 0 Å². The Labute approximate surface area is 312 Å². The molecule has 4 nitrogen and oxygen atoms in total. The second kappa shape index (κ2) is 11.2. The van der Waals surface area contributed by atoms with Gasteiger partial charge in [0, 0.05) is 27.1 Å². The van der Waals surface area contributed by atoms with Crippen molar-refractivity contribution in [3.63, 3.8) is 0 Å². The van der Waals surface area contributed by atoms with Crippen molar-refractivity contribution in [2.45, 2.75) is 37.5 Å². The molecule has 0 atom stereocenters. The minimum absolute atomic E-state index is 0.0822. The Kier molecular flexibility index (Phi) is 6.24. The van der Waals surface area contributed by atoms with Gasteiger partial charge in [-0.2, -0.15) is 0 Å². The summed E-state index contributed by atoms with van der Waals surface area (Å²) in [5.41, 5.74) is 14.4. The maximum atomic E-state index is 6.63. The van der Waals surface area contributed by atoms with Crippen molar-refractivity contribution in [2.24, 2.45) is 0 Å². The van der Waals surface area contributed by atoms with E-state index in [1.54, 1.807) is 0 Å². The van der Waals surface area contributed by atoms with Gasteiger partial charge in [-0.1, -0.05) is 153 Å². The molecule has 0 aliphatic heterocycles. The van der Waals surface area contributed by atoms with Gasteiger partial charge in [0.05, 0.1) is 11.0 Å². The van der Waals surface area contributed by atoms with Crippen LogP contribution >= 0.6 is 0 Å². The first kappa shape index (κ1) is 30.0. The van der Waals surface area contributed by atoms with Crippen LogP contribution in [-0.4, -0.2) is 14.5 Å². The Morgan fingerprint density at radius 1 is 0.537 bits per heavy atom. The molecule has 10 aromatic rings. The maximum absolute atomic E-state index is 6.63. The van der Waals surface area contributed by atoms with E-state index >= 15 is 0 Å². The van der Waals surface area contributed by atoms with E-state index in [0.29, 0.717) is 11.5 Å². The maximum Gasteiger partial charge on any atom is 0.236 e. The first-order valence-corrected chi connectivity index (χ1v) is 19.2. The molecular weight excluding hydrogens is 659 g/mol. The zero-order valence-electron chi connectivity index (χ0n) is 29.7. The second-order valence-electron chi connectivity index (χ2n) is 15.2. The highest BCUT2D eigenvalue weighted by molar-refractivity contribution is 6.27. The van der Waals surface area contributed by atoms with Crippen molar-refractivity contribution in [1.82, 2.24) is 14.5 Å². The normalized spacial score (nSPS) is 14.8. The standard InChI is InChI=1S/C50H35N3O/c1-3-15-31(16-4-1)32-25-27-33(28-26-32)45-48-46(38-21-9-12-24-41(38)54-48)52-49(51-45)53-40-23-11-8-20-37(40)43-35-18-6-5-17-34(35)42-36-19-7-10-22-39(36)50(44(42)47(43)53)29-13-2-14-30-50/h1,3-12,15-28H,2,13-14,29-30H2. The first-order chi connectivity index (χ1) is 26.8. The zero-order chi connectivity index (χ0) is 35.4. The number of para-hydroxylation sites is 2. The van der Waals surface area contributed by atoms with E-state index in [4.69, 9.17) is 14.4 Å². The Morgan fingerprint density at radius 2 is 1.19 bits per heavy atom. The average Bonchev–Trinajstić information content (AvgIpc) is 3.88. The van der Waals surface area contributed by atoms with Crippen LogP contribution in [0.1, 0.15) is 43.2 Å². The van der Waals surface area contributed by atoms with Gasteiger partial charge in [0.25, 0.3) is 0 Å². The lowest BCUT2D eigenvalue weighted by Crippen LogP contribution is -2.28. The highest BCUT2D eigenvalue weighted by Crippen LogP contribution is 2.60. The second-order valence-corrected chi connectivity index (χ2v) is 15.2. The highest BCUT2D eigenvalue weighted by atomic mass is 16.3. The van der Waals surface area contributed by atoms with Crippen molar-refractivity contribution in [3.8, 4) is 39.5 Å². The van der Waals surface area contributed by atoms with Crippen LogP contribution in [0.3, 0.4) is 0 Å². The lowest BCUT2D eigenvalue weighted by molar-refractivity contribution is 0.354. The van der Waals surface area contributed by atoms with Crippen LogP contribution in [-0.2, 0) is 5.41 Å². The van der Waals surface area contributed by atoms with Gasteiger partial charge in [-0.05, 0) is 75.2 Å². The molecule has 0 unspecified atom stereocenters. The van der Waals surface area contributed by atoms with Crippen LogP contribution in [0, 0.1) is 0 Å². The van der Waals surface area contributed by atoms with Crippen molar-refractivity contribution in [3.05, 3.63) is 163 Å². The molecular formula is C50H35N3O. The number of nitrogens with zero attached hydrogens (tertiary/aromatic N) is 3. The molecule has 3 heterocycles. The SMILES string of the molecule is c1ccc(-c2ccc(-c3nc(-n4c5ccccc5c5c6ccccc6c6c(c54)C4(CCCCC4)c4ccccc4-6)nc4c3oc3ccccc34)cc2)cc1. The van der Waals surface area contributed by atoms with Gasteiger partial charge >= 0.3 is 0 Å². The van der Waals surface area contributed by atoms with E-state index in [-0.39, 0.29) is 5.41 Å². The van der Waals surface area contributed by atoms with Crippen LogP contribution in [0.2, 0.25) is 0 Å². The smallest absolute Gasteiger partial charge is 0.236 e. The molecule has 1 fully saturated rings. The van der Waals surface area contributed by atoms with Crippen LogP contribution in [0.25, 0.3) is 94.1 Å². The monoisotopic (exact) mass is 693 g/mol. The average molecular weight is 694 g/mol. The minimum atomic E-state index is -0.0822.